The Balaban J connectivity index is 1.80. The molecule has 0 saturated heterocycles. The number of pyridine rings is 1. The Morgan fingerprint density at radius 3 is 2.52 bits per heavy atom. The molecule has 0 amide bonds. The number of fused-ring (bicyclic) bond motifs is 1. The van der Waals surface area contributed by atoms with Crippen molar-refractivity contribution in [3.8, 4) is 0 Å². The molecule has 142 valence electrons. The first-order valence-electron chi connectivity index (χ1n) is 9.90. The van der Waals surface area contributed by atoms with E-state index in [1.165, 1.54) is 17.5 Å². The zero-order chi connectivity index (χ0) is 19.4. The number of hydrogen-bond donors (Lipinski definition) is 1. The zero-order valence-electron chi connectivity index (χ0n) is 16.8. The average molecular weight is 365 g/mol. The van der Waals surface area contributed by atoms with Crippen molar-refractivity contribution >= 4 is 5.65 Å². The fraction of sp³-hybridized carbons (Fsp3) is 0.391. The number of hydrogen-bond acceptors (Lipinski definition) is 2. The number of nitrogens with two attached hydrogens (primary N) is 1. The second-order valence-electron chi connectivity index (χ2n) is 7.65. The van der Waals surface area contributed by atoms with Crippen LogP contribution in [0.5, 0.6) is 0 Å². The van der Waals surface area contributed by atoms with Gasteiger partial charge in [-0.1, -0.05) is 57.5 Å². The minimum atomic E-state index is -0.00786. The molecule has 3 aromatic rings. The minimum absolute atomic E-state index is 0.00786. The van der Waals surface area contributed by atoms with Crippen LogP contribution in [0.3, 0.4) is 0 Å². The van der Waals surface area contributed by atoms with Gasteiger partial charge in [0.25, 0.3) is 5.56 Å². The summed E-state index contributed by atoms with van der Waals surface area (Å²) in [6.07, 6.45) is 2.29. The van der Waals surface area contributed by atoms with Crippen molar-refractivity contribution in [1.82, 2.24) is 9.38 Å². The highest BCUT2D eigenvalue weighted by Gasteiger charge is 2.19. The Morgan fingerprint density at radius 2 is 1.85 bits per heavy atom. The molecule has 4 heteroatoms. The van der Waals surface area contributed by atoms with Crippen LogP contribution in [0.2, 0.25) is 0 Å². The first kappa shape index (κ1) is 19.3. The Labute approximate surface area is 161 Å². The van der Waals surface area contributed by atoms with Crippen molar-refractivity contribution in [3.05, 3.63) is 81.4 Å². The van der Waals surface area contributed by atoms with Gasteiger partial charge in [-0.05, 0) is 31.0 Å². The van der Waals surface area contributed by atoms with E-state index in [1.54, 1.807) is 10.5 Å². The summed E-state index contributed by atoms with van der Waals surface area (Å²) in [6, 6.07) is 16.8. The Hall–Kier alpha value is -2.46. The molecule has 2 heterocycles. The molecule has 0 aliphatic heterocycles. The summed E-state index contributed by atoms with van der Waals surface area (Å²) >= 11 is 0. The molecule has 27 heavy (non-hydrogen) atoms. The van der Waals surface area contributed by atoms with Gasteiger partial charge < -0.3 is 5.32 Å². The predicted molar refractivity (Wildman–Crippen MR) is 110 cm³/mol. The van der Waals surface area contributed by atoms with Gasteiger partial charge in [-0.15, -0.1) is 0 Å². The van der Waals surface area contributed by atoms with E-state index in [9.17, 15) is 4.79 Å². The van der Waals surface area contributed by atoms with Gasteiger partial charge in [-0.3, -0.25) is 9.20 Å². The normalized spacial score (nSPS) is 12.6. The lowest BCUT2D eigenvalue weighted by Gasteiger charge is -2.20. The second kappa shape index (κ2) is 8.49. The molecule has 2 aromatic heterocycles. The number of rotatable bonds is 7. The number of aryl methyl sites for hydroxylation is 2. The summed E-state index contributed by atoms with van der Waals surface area (Å²) in [5.74, 6) is 0.492. The third-order valence-electron chi connectivity index (χ3n) is 5.14. The molecule has 0 unspecified atom stereocenters. The third kappa shape index (κ3) is 4.45. The molecule has 1 atom stereocenters. The summed E-state index contributed by atoms with van der Waals surface area (Å²) in [6.45, 7) is 9.32. The van der Waals surface area contributed by atoms with Gasteiger partial charge in [0.15, 0.2) is 0 Å². The van der Waals surface area contributed by atoms with E-state index < -0.39 is 0 Å². The van der Waals surface area contributed by atoms with Gasteiger partial charge >= 0.3 is 0 Å². The summed E-state index contributed by atoms with van der Waals surface area (Å²) in [4.78, 5) is 17.2. The fourth-order valence-corrected chi connectivity index (χ4v) is 3.70. The van der Waals surface area contributed by atoms with Crippen LogP contribution in [0.15, 0.2) is 53.3 Å². The predicted octanol–water partition coefficient (Wildman–Crippen LogP) is 3.42. The highest BCUT2D eigenvalue weighted by Crippen LogP contribution is 2.19. The van der Waals surface area contributed by atoms with Crippen molar-refractivity contribution in [2.45, 2.75) is 53.1 Å². The van der Waals surface area contributed by atoms with Crippen molar-refractivity contribution in [2.24, 2.45) is 5.92 Å². The van der Waals surface area contributed by atoms with Crippen LogP contribution in [0.1, 0.15) is 55.7 Å². The molecular formula is C23H30N3O+. The van der Waals surface area contributed by atoms with E-state index in [-0.39, 0.29) is 5.56 Å². The molecule has 2 N–H and O–H groups in total. The topological polar surface area (TPSA) is 51.0 Å². The Bertz CT molecular complexity index is 958. The van der Waals surface area contributed by atoms with Gasteiger partial charge in [0, 0.05) is 23.2 Å². The SMILES string of the molecule is CCCc1ccc([C@H]([NH2+]Cc2cc(=O)n3c(C)cccc3n2)C(C)C)cc1. The highest BCUT2D eigenvalue weighted by atomic mass is 16.1. The maximum absolute atomic E-state index is 12.5. The highest BCUT2D eigenvalue weighted by molar-refractivity contribution is 5.40. The van der Waals surface area contributed by atoms with E-state index in [2.05, 4.69) is 50.4 Å². The second-order valence-corrected chi connectivity index (χ2v) is 7.65. The number of benzene rings is 1. The van der Waals surface area contributed by atoms with Crippen LogP contribution in [0.25, 0.3) is 5.65 Å². The maximum atomic E-state index is 12.5. The van der Waals surface area contributed by atoms with Crippen molar-refractivity contribution < 1.29 is 5.32 Å². The van der Waals surface area contributed by atoms with Crippen LogP contribution in [-0.4, -0.2) is 9.38 Å². The summed E-state index contributed by atoms with van der Waals surface area (Å²) in [5.41, 5.74) is 5.18. The van der Waals surface area contributed by atoms with Crippen molar-refractivity contribution in [1.29, 1.82) is 0 Å². The molecule has 0 fully saturated rings. The van der Waals surface area contributed by atoms with E-state index in [0.29, 0.717) is 18.5 Å². The number of aromatic nitrogens is 2. The minimum Gasteiger partial charge on any atom is -0.335 e. The molecule has 0 saturated carbocycles. The smallest absolute Gasteiger partial charge is 0.258 e. The number of nitrogens with zero attached hydrogens (tertiary/aromatic N) is 2. The van der Waals surface area contributed by atoms with Crippen LogP contribution >= 0.6 is 0 Å². The first-order valence-corrected chi connectivity index (χ1v) is 9.90. The molecule has 0 aliphatic rings. The Morgan fingerprint density at radius 1 is 1.11 bits per heavy atom. The first-order chi connectivity index (χ1) is 13.0. The maximum Gasteiger partial charge on any atom is 0.258 e. The molecule has 0 bridgehead atoms. The van der Waals surface area contributed by atoms with Gasteiger partial charge in [0.05, 0.1) is 0 Å². The number of quaternary nitrogens is 1. The third-order valence-corrected chi connectivity index (χ3v) is 5.14. The Kier molecular flexibility index (Phi) is 6.07. The summed E-state index contributed by atoms with van der Waals surface area (Å²) < 4.78 is 1.66. The molecule has 4 nitrogen and oxygen atoms in total. The van der Waals surface area contributed by atoms with E-state index in [4.69, 9.17) is 4.98 Å². The molecule has 0 spiro atoms. The zero-order valence-corrected chi connectivity index (χ0v) is 16.8. The molecule has 1 aromatic carbocycles. The van der Waals surface area contributed by atoms with Crippen LogP contribution in [-0.2, 0) is 13.0 Å². The van der Waals surface area contributed by atoms with Gasteiger partial charge in [-0.25, -0.2) is 4.98 Å². The van der Waals surface area contributed by atoms with Crippen LogP contribution < -0.4 is 10.9 Å². The molecular weight excluding hydrogens is 334 g/mol. The monoisotopic (exact) mass is 364 g/mol. The van der Waals surface area contributed by atoms with Crippen molar-refractivity contribution in [3.63, 3.8) is 0 Å². The van der Waals surface area contributed by atoms with Gasteiger partial charge in [-0.2, -0.15) is 0 Å². The lowest BCUT2D eigenvalue weighted by atomic mass is 9.94. The quantitative estimate of drug-likeness (QED) is 0.698. The van der Waals surface area contributed by atoms with E-state index >= 15 is 0 Å². The lowest BCUT2D eigenvalue weighted by Crippen LogP contribution is -2.84. The summed E-state index contributed by atoms with van der Waals surface area (Å²) in [5, 5.41) is 2.30. The largest absolute Gasteiger partial charge is 0.335 e. The molecule has 3 rings (SSSR count). The average Bonchev–Trinajstić information content (AvgIpc) is 2.63. The lowest BCUT2D eigenvalue weighted by molar-refractivity contribution is -0.717. The standard InChI is InChI=1S/C23H29N3O/c1-5-7-18-10-12-19(13-11-18)23(16(2)3)24-15-20-14-22(27)26-17(4)8-6-9-21(26)25-20/h6,8-14,16,23-24H,5,7,15H2,1-4H3/p+1/t23-/m1/s1. The van der Waals surface area contributed by atoms with Crippen LogP contribution in [0.4, 0.5) is 0 Å². The van der Waals surface area contributed by atoms with E-state index in [1.807, 2.05) is 25.1 Å². The molecule has 0 aliphatic carbocycles. The fourth-order valence-electron chi connectivity index (χ4n) is 3.70. The van der Waals surface area contributed by atoms with Gasteiger partial charge in [0.1, 0.15) is 23.9 Å². The molecule has 0 radical (unpaired) electrons. The van der Waals surface area contributed by atoms with Crippen molar-refractivity contribution in [2.75, 3.05) is 0 Å². The summed E-state index contributed by atoms with van der Waals surface area (Å²) in [7, 11) is 0. The van der Waals surface area contributed by atoms with Crippen LogP contribution in [0, 0.1) is 12.8 Å². The van der Waals surface area contributed by atoms with E-state index in [0.717, 1.165) is 23.5 Å². The van der Waals surface area contributed by atoms with Gasteiger partial charge in [0.2, 0.25) is 0 Å².